The van der Waals surface area contributed by atoms with Gasteiger partial charge in [-0.05, 0) is 13.0 Å². The van der Waals surface area contributed by atoms with Crippen molar-refractivity contribution in [2.24, 2.45) is 5.73 Å². The molecule has 0 saturated carbocycles. The molecular formula is C6H12N2O. The van der Waals surface area contributed by atoms with Crippen LogP contribution in [0.5, 0.6) is 0 Å². The molecule has 0 aromatic heterocycles. The number of hydrogen-bond donors (Lipinski definition) is 2. The lowest BCUT2D eigenvalue weighted by atomic mass is 10.4. The Morgan fingerprint density at radius 2 is 2.44 bits per heavy atom. The van der Waals surface area contributed by atoms with Crippen molar-refractivity contribution in [1.82, 2.24) is 5.32 Å². The van der Waals surface area contributed by atoms with Gasteiger partial charge in [0.1, 0.15) is 0 Å². The predicted octanol–water partition coefficient (Wildman–Crippen LogP) is -0.363. The summed E-state index contributed by atoms with van der Waals surface area (Å²) in [6.07, 6.45) is 2.65. The molecule has 3 N–H and O–H groups in total. The molecule has 0 heterocycles. The number of nitrogens with one attached hydrogen (secondary N) is 1. The summed E-state index contributed by atoms with van der Waals surface area (Å²) < 4.78 is 0. The van der Waals surface area contributed by atoms with Crippen molar-refractivity contribution in [3.63, 3.8) is 0 Å². The summed E-state index contributed by atoms with van der Waals surface area (Å²) in [5, 5.41) is 2.84. The molecule has 0 saturated heterocycles. The van der Waals surface area contributed by atoms with Crippen molar-refractivity contribution in [3.05, 3.63) is 12.7 Å². The van der Waals surface area contributed by atoms with Crippen molar-refractivity contribution in [1.29, 1.82) is 0 Å². The summed E-state index contributed by atoms with van der Waals surface area (Å²) in [5.41, 5.74) is 4.85. The number of hydrogen-bond acceptors (Lipinski definition) is 2. The van der Waals surface area contributed by atoms with Crippen molar-refractivity contribution >= 4 is 5.91 Å². The lowest BCUT2D eigenvalue weighted by molar-refractivity contribution is -0.117. The van der Waals surface area contributed by atoms with Gasteiger partial charge in [-0.15, -0.1) is 6.58 Å². The third-order valence-electron chi connectivity index (χ3n) is 0.824. The zero-order valence-corrected chi connectivity index (χ0v) is 5.39. The second-order valence-corrected chi connectivity index (χ2v) is 1.72. The van der Waals surface area contributed by atoms with Gasteiger partial charge < -0.3 is 11.1 Å². The average molecular weight is 128 g/mol. The van der Waals surface area contributed by atoms with Crippen LogP contribution in [0, 0.1) is 0 Å². The third-order valence-corrected chi connectivity index (χ3v) is 0.824. The molecule has 0 radical (unpaired) electrons. The quantitative estimate of drug-likeness (QED) is 0.392. The summed E-state index contributed by atoms with van der Waals surface area (Å²) in [5.74, 6) is -0.320. The van der Waals surface area contributed by atoms with Crippen LogP contribution in [-0.2, 0) is 4.79 Å². The van der Waals surface area contributed by atoms with E-state index in [1.807, 2.05) is 0 Å². The highest BCUT2D eigenvalue weighted by Crippen LogP contribution is 1.72. The standard InChI is InChI=1S/C6H12N2O/c1-2-3-4-8-5-6(7)9/h2,8H,1,3-5H2,(H2,7,9). The first kappa shape index (κ1) is 8.17. The number of primary amides is 1. The Bertz CT molecular complexity index is 101. The molecule has 0 aliphatic heterocycles. The number of nitrogens with two attached hydrogens (primary N) is 1. The number of carbonyl (C=O) groups is 1. The van der Waals surface area contributed by atoms with Gasteiger partial charge in [-0.2, -0.15) is 0 Å². The van der Waals surface area contributed by atoms with Gasteiger partial charge in [0.25, 0.3) is 0 Å². The van der Waals surface area contributed by atoms with E-state index in [2.05, 4.69) is 11.9 Å². The van der Waals surface area contributed by atoms with E-state index < -0.39 is 0 Å². The molecule has 52 valence electrons. The van der Waals surface area contributed by atoms with E-state index in [4.69, 9.17) is 5.73 Å². The largest absolute Gasteiger partial charge is 0.369 e. The summed E-state index contributed by atoms with van der Waals surface area (Å²) in [6.45, 7) is 4.55. The highest BCUT2D eigenvalue weighted by molar-refractivity contribution is 5.75. The van der Waals surface area contributed by atoms with Gasteiger partial charge >= 0.3 is 0 Å². The Hall–Kier alpha value is -0.830. The minimum Gasteiger partial charge on any atom is -0.369 e. The molecule has 3 nitrogen and oxygen atoms in total. The minimum absolute atomic E-state index is 0.258. The zero-order chi connectivity index (χ0) is 7.11. The molecule has 0 unspecified atom stereocenters. The maximum Gasteiger partial charge on any atom is 0.231 e. The van der Waals surface area contributed by atoms with Crippen LogP contribution in [0.15, 0.2) is 12.7 Å². The van der Waals surface area contributed by atoms with E-state index in [-0.39, 0.29) is 12.5 Å². The molecule has 0 aromatic carbocycles. The molecule has 0 spiro atoms. The van der Waals surface area contributed by atoms with Gasteiger partial charge in [0.2, 0.25) is 5.91 Å². The SMILES string of the molecule is C=CCCNCC(N)=O. The van der Waals surface area contributed by atoms with Gasteiger partial charge in [0.05, 0.1) is 6.54 Å². The van der Waals surface area contributed by atoms with Gasteiger partial charge in [-0.25, -0.2) is 0 Å². The number of carbonyl (C=O) groups excluding carboxylic acids is 1. The van der Waals surface area contributed by atoms with Crippen LogP contribution in [-0.4, -0.2) is 19.0 Å². The van der Waals surface area contributed by atoms with E-state index in [1.165, 1.54) is 0 Å². The third kappa shape index (κ3) is 7.17. The first-order valence-electron chi connectivity index (χ1n) is 2.87. The highest BCUT2D eigenvalue weighted by atomic mass is 16.1. The van der Waals surface area contributed by atoms with Crippen LogP contribution in [0.4, 0.5) is 0 Å². The summed E-state index contributed by atoms with van der Waals surface area (Å²) in [6, 6.07) is 0. The molecule has 0 aromatic rings. The lowest BCUT2D eigenvalue weighted by Gasteiger charge is -1.96. The fourth-order valence-electron chi connectivity index (χ4n) is 0.416. The number of rotatable bonds is 5. The van der Waals surface area contributed by atoms with Crippen LogP contribution in [0.2, 0.25) is 0 Å². The van der Waals surface area contributed by atoms with Crippen molar-refractivity contribution in [2.75, 3.05) is 13.1 Å². The second-order valence-electron chi connectivity index (χ2n) is 1.72. The Morgan fingerprint density at radius 1 is 1.78 bits per heavy atom. The fraction of sp³-hybridized carbons (Fsp3) is 0.500. The first-order valence-corrected chi connectivity index (χ1v) is 2.87. The van der Waals surface area contributed by atoms with Crippen LogP contribution in [0.1, 0.15) is 6.42 Å². The normalized spacial score (nSPS) is 8.89. The molecule has 0 fully saturated rings. The van der Waals surface area contributed by atoms with E-state index >= 15 is 0 Å². The van der Waals surface area contributed by atoms with Crippen LogP contribution in [0.25, 0.3) is 0 Å². The van der Waals surface area contributed by atoms with Gasteiger partial charge in [-0.1, -0.05) is 6.08 Å². The van der Waals surface area contributed by atoms with Crippen LogP contribution >= 0.6 is 0 Å². The first-order chi connectivity index (χ1) is 4.27. The molecule has 0 rings (SSSR count). The highest BCUT2D eigenvalue weighted by Gasteiger charge is 1.88. The lowest BCUT2D eigenvalue weighted by Crippen LogP contribution is -2.28. The minimum atomic E-state index is -0.320. The molecule has 9 heavy (non-hydrogen) atoms. The molecular weight excluding hydrogens is 116 g/mol. The molecule has 0 aliphatic carbocycles. The van der Waals surface area contributed by atoms with E-state index in [0.29, 0.717) is 0 Å². The fourth-order valence-corrected chi connectivity index (χ4v) is 0.416. The maximum atomic E-state index is 10.1. The van der Waals surface area contributed by atoms with Crippen molar-refractivity contribution in [2.45, 2.75) is 6.42 Å². The van der Waals surface area contributed by atoms with Crippen LogP contribution in [0.3, 0.4) is 0 Å². The molecule has 0 bridgehead atoms. The number of amides is 1. The van der Waals surface area contributed by atoms with E-state index in [9.17, 15) is 4.79 Å². The Labute approximate surface area is 54.9 Å². The average Bonchev–Trinajstić information content (AvgIpc) is 1.80. The predicted molar refractivity (Wildman–Crippen MR) is 36.9 cm³/mol. The molecule has 0 atom stereocenters. The van der Waals surface area contributed by atoms with Crippen molar-refractivity contribution in [3.8, 4) is 0 Å². The molecule has 1 amide bonds. The molecule has 0 aliphatic rings. The van der Waals surface area contributed by atoms with Crippen LogP contribution < -0.4 is 11.1 Å². The van der Waals surface area contributed by atoms with Crippen molar-refractivity contribution < 1.29 is 4.79 Å². The monoisotopic (exact) mass is 128 g/mol. The van der Waals surface area contributed by atoms with E-state index in [0.717, 1.165) is 13.0 Å². The Morgan fingerprint density at radius 3 is 2.89 bits per heavy atom. The maximum absolute atomic E-state index is 10.1. The Kier molecular flexibility index (Phi) is 4.82. The summed E-state index contributed by atoms with van der Waals surface area (Å²) in [7, 11) is 0. The molecule has 3 heteroatoms. The second kappa shape index (κ2) is 5.31. The Balaban J connectivity index is 2.91. The topological polar surface area (TPSA) is 55.1 Å². The smallest absolute Gasteiger partial charge is 0.231 e. The summed E-state index contributed by atoms with van der Waals surface area (Å²) >= 11 is 0. The van der Waals surface area contributed by atoms with Gasteiger partial charge in [0, 0.05) is 0 Å². The van der Waals surface area contributed by atoms with Gasteiger partial charge in [-0.3, -0.25) is 4.79 Å². The summed E-state index contributed by atoms with van der Waals surface area (Å²) in [4.78, 5) is 10.1. The zero-order valence-electron chi connectivity index (χ0n) is 5.39. The van der Waals surface area contributed by atoms with Gasteiger partial charge in [0.15, 0.2) is 0 Å². The van der Waals surface area contributed by atoms with E-state index in [1.54, 1.807) is 6.08 Å².